The van der Waals surface area contributed by atoms with Gasteiger partial charge in [-0.15, -0.1) is 0 Å². The summed E-state index contributed by atoms with van der Waals surface area (Å²) in [5.41, 5.74) is -4.16. The number of halogens is 3. The van der Waals surface area contributed by atoms with Crippen molar-refractivity contribution in [2.75, 3.05) is 12.3 Å². The third kappa shape index (κ3) is 5.63. The number of thioether (sulfide) groups is 1. The lowest BCUT2D eigenvalue weighted by Crippen LogP contribution is -2.19. The first-order chi connectivity index (χ1) is 6.97. The zero-order chi connectivity index (χ0) is 11.3. The number of nitrogens with zero attached hydrogens (tertiary/aromatic N) is 2. The minimum Gasteiger partial charge on any atom is -0.340 e. The summed E-state index contributed by atoms with van der Waals surface area (Å²) in [6.45, 7) is 2.21. The first kappa shape index (κ1) is 12.3. The summed E-state index contributed by atoms with van der Waals surface area (Å²) in [5.74, 6) is 0.862. The van der Waals surface area contributed by atoms with E-state index in [1.54, 1.807) is 6.92 Å². The molecule has 1 heterocycles. The van der Waals surface area contributed by atoms with E-state index in [4.69, 9.17) is 0 Å². The van der Waals surface area contributed by atoms with Crippen molar-refractivity contribution in [2.24, 2.45) is 0 Å². The lowest BCUT2D eigenvalue weighted by molar-refractivity contribution is -0.0327. The van der Waals surface area contributed by atoms with Gasteiger partial charge in [-0.05, 0) is 11.8 Å². The van der Waals surface area contributed by atoms with Crippen molar-refractivity contribution in [1.82, 2.24) is 15.5 Å². The first-order valence-electron chi connectivity index (χ1n) is 4.18. The average Bonchev–Trinajstić information content (AvgIpc) is 2.49. The number of aryl methyl sites for hydroxylation is 1. The van der Waals surface area contributed by atoms with E-state index in [9.17, 15) is 13.2 Å². The topological polar surface area (TPSA) is 51.0 Å². The molecule has 0 bridgehead atoms. The van der Waals surface area contributed by atoms with Crippen LogP contribution in [0.3, 0.4) is 0 Å². The summed E-state index contributed by atoms with van der Waals surface area (Å²) in [6.07, 6.45) is 0. The zero-order valence-electron chi connectivity index (χ0n) is 7.97. The number of nitrogens with one attached hydrogen (secondary N) is 1. The van der Waals surface area contributed by atoms with Crippen molar-refractivity contribution in [3.63, 3.8) is 0 Å². The van der Waals surface area contributed by atoms with Crippen LogP contribution in [0.2, 0.25) is 0 Å². The van der Waals surface area contributed by atoms with Gasteiger partial charge in [0, 0.05) is 19.2 Å². The van der Waals surface area contributed by atoms with Crippen molar-refractivity contribution in [1.29, 1.82) is 0 Å². The molecule has 0 fully saturated rings. The van der Waals surface area contributed by atoms with Crippen LogP contribution in [0.4, 0.5) is 13.2 Å². The van der Waals surface area contributed by atoms with Gasteiger partial charge in [0.25, 0.3) is 0 Å². The molecule has 8 heteroatoms. The van der Waals surface area contributed by atoms with Gasteiger partial charge in [0.1, 0.15) is 0 Å². The van der Waals surface area contributed by atoms with Crippen LogP contribution in [-0.2, 0) is 6.54 Å². The van der Waals surface area contributed by atoms with Gasteiger partial charge in [0.05, 0.1) is 6.54 Å². The molecule has 0 amide bonds. The van der Waals surface area contributed by atoms with E-state index >= 15 is 0 Å². The smallest absolute Gasteiger partial charge is 0.340 e. The molecule has 0 spiro atoms. The lowest BCUT2D eigenvalue weighted by Gasteiger charge is -2.05. The van der Waals surface area contributed by atoms with E-state index in [0.29, 0.717) is 18.3 Å². The molecule has 1 aromatic rings. The van der Waals surface area contributed by atoms with Gasteiger partial charge in [-0.1, -0.05) is 5.16 Å². The van der Waals surface area contributed by atoms with E-state index in [-0.39, 0.29) is 24.1 Å². The van der Waals surface area contributed by atoms with Gasteiger partial charge in [-0.3, -0.25) is 0 Å². The van der Waals surface area contributed by atoms with Crippen molar-refractivity contribution in [3.8, 4) is 0 Å². The second-order valence-corrected chi connectivity index (χ2v) is 3.86. The molecule has 0 aliphatic heterocycles. The van der Waals surface area contributed by atoms with Crippen molar-refractivity contribution >= 4 is 11.8 Å². The zero-order valence-corrected chi connectivity index (χ0v) is 8.78. The fourth-order valence-electron chi connectivity index (χ4n) is 0.852. The Balaban J connectivity index is 2.07. The van der Waals surface area contributed by atoms with Crippen LogP contribution < -0.4 is 5.32 Å². The Morgan fingerprint density at radius 1 is 1.47 bits per heavy atom. The SMILES string of the molecule is Cc1nc(CNCCSC(F)(F)F)no1. The first-order valence-corrected chi connectivity index (χ1v) is 5.16. The minimum atomic E-state index is -4.16. The minimum absolute atomic E-state index is 0.0274. The van der Waals surface area contributed by atoms with E-state index in [2.05, 4.69) is 20.0 Å². The molecule has 0 aromatic carbocycles. The van der Waals surface area contributed by atoms with Crippen LogP contribution in [0.1, 0.15) is 11.7 Å². The normalized spacial score (nSPS) is 12.0. The highest BCUT2D eigenvalue weighted by molar-refractivity contribution is 8.00. The van der Waals surface area contributed by atoms with Crippen molar-refractivity contribution in [2.45, 2.75) is 19.0 Å². The Morgan fingerprint density at radius 2 is 2.20 bits per heavy atom. The Kier molecular flexibility index (Phi) is 4.40. The Morgan fingerprint density at radius 3 is 2.73 bits per heavy atom. The predicted octanol–water partition coefficient (Wildman–Crippen LogP) is 1.72. The second-order valence-electron chi connectivity index (χ2n) is 2.70. The molecule has 4 nitrogen and oxygen atoms in total. The summed E-state index contributed by atoms with van der Waals surface area (Å²) in [4.78, 5) is 3.89. The highest BCUT2D eigenvalue weighted by Crippen LogP contribution is 2.29. The predicted molar refractivity (Wildman–Crippen MR) is 49.3 cm³/mol. The van der Waals surface area contributed by atoms with Gasteiger partial charge < -0.3 is 9.84 Å². The van der Waals surface area contributed by atoms with Crippen LogP contribution in [0, 0.1) is 6.92 Å². The molecule has 1 aromatic heterocycles. The third-order valence-electron chi connectivity index (χ3n) is 1.40. The fourth-order valence-corrected chi connectivity index (χ4v) is 1.33. The fraction of sp³-hybridized carbons (Fsp3) is 0.714. The van der Waals surface area contributed by atoms with Gasteiger partial charge in [0.2, 0.25) is 5.89 Å². The summed E-state index contributed by atoms with van der Waals surface area (Å²) in [6, 6.07) is 0. The van der Waals surface area contributed by atoms with E-state index in [1.165, 1.54) is 0 Å². The van der Waals surface area contributed by atoms with Crippen LogP contribution in [0.5, 0.6) is 0 Å². The summed E-state index contributed by atoms with van der Waals surface area (Å²) in [5, 5.41) is 6.37. The summed E-state index contributed by atoms with van der Waals surface area (Å²) in [7, 11) is 0. The van der Waals surface area contributed by atoms with Crippen molar-refractivity contribution < 1.29 is 17.7 Å². The Bertz CT molecular complexity index is 302. The molecule has 0 aliphatic carbocycles. The van der Waals surface area contributed by atoms with E-state index in [0.717, 1.165) is 0 Å². The van der Waals surface area contributed by atoms with Gasteiger partial charge in [0.15, 0.2) is 5.82 Å². The molecule has 0 atom stereocenters. The molecule has 0 saturated carbocycles. The number of alkyl halides is 3. The maximum atomic E-state index is 11.7. The average molecular weight is 241 g/mol. The van der Waals surface area contributed by atoms with Crippen LogP contribution in [-0.4, -0.2) is 27.9 Å². The van der Waals surface area contributed by atoms with Crippen LogP contribution >= 0.6 is 11.8 Å². The van der Waals surface area contributed by atoms with Crippen molar-refractivity contribution in [3.05, 3.63) is 11.7 Å². The molecule has 1 rings (SSSR count). The van der Waals surface area contributed by atoms with Crippen LogP contribution in [0.25, 0.3) is 0 Å². The number of aromatic nitrogens is 2. The monoisotopic (exact) mass is 241 g/mol. The highest BCUT2D eigenvalue weighted by atomic mass is 32.2. The maximum Gasteiger partial charge on any atom is 0.441 e. The third-order valence-corrected chi connectivity index (χ3v) is 2.13. The largest absolute Gasteiger partial charge is 0.441 e. The van der Waals surface area contributed by atoms with Crippen LogP contribution in [0.15, 0.2) is 4.52 Å². The molecule has 0 unspecified atom stereocenters. The molecule has 0 aliphatic rings. The molecule has 0 radical (unpaired) electrons. The second kappa shape index (κ2) is 5.36. The number of hydrogen-bond donors (Lipinski definition) is 1. The molecular weight excluding hydrogens is 231 g/mol. The Labute approximate surface area is 88.6 Å². The maximum absolute atomic E-state index is 11.7. The Hall–Kier alpha value is -0.760. The number of hydrogen-bond acceptors (Lipinski definition) is 5. The molecule has 0 saturated heterocycles. The lowest BCUT2D eigenvalue weighted by atomic mass is 10.6. The highest BCUT2D eigenvalue weighted by Gasteiger charge is 2.27. The van der Waals surface area contributed by atoms with Gasteiger partial charge in [-0.2, -0.15) is 18.2 Å². The standard InChI is InChI=1S/C7H10F3N3OS/c1-5-12-6(13-14-5)4-11-2-3-15-7(8,9)10/h11H,2-4H2,1H3. The van der Waals surface area contributed by atoms with Gasteiger partial charge >= 0.3 is 5.51 Å². The molecular formula is C7H10F3N3OS. The summed E-state index contributed by atoms with van der Waals surface area (Å²) >= 11 is -0.0528. The van der Waals surface area contributed by atoms with E-state index in [1.807, 2.05) is 0 Å². The number of rotatable bonds is 5. The molecule has 15 heavy (non-hydrogen) atoms. The quantitative estimate of drug-likeness (QED) is 0.795. The molecule has 1 N–H and O–H groups in total. The summed E-state index contributed by atoms with van der Waals surface area (Å²) < 4.78 is 39.8. The van der Waals surface area contributed by atoms with Gasteiger partial charge in [-0.25, -0.2) is 0 Å². The molecule has 86 valence electrons. The van der Waals surface area contributed by atoms with E-state index < -0.39 is 5.51 Å².